The number of hydrogen-bond donors (Lipinski definition) is 2. The molecule has 116 valence electrons. The molecule has 0 atom stereocenters. The molecule has 1 aliphatic rings. The third-order valence-electron chi connectivity index (χ3n) is 3.81. The van der Waals surface area contributed by atoms with Crippen LogP contribution in [0.4, 0.5) is 4.79 Å². The van der Waals surface area contributed by atoms with E-state index in [-0.39, 0.29) is 17.4 Å². The van der Waals surface area contributed by atoms with E-state index in [1.807, 2.05) is 32.9 Å². The Balaban J connectivity index is 2.06. The third kappa shape index (κ3) is 4.66. The van der Waals surface area contributed by atoms with Gasteiger partial charge in [0.15, 0.2) is 0 Å². The molecule has 1 amide bonds. The first kappa shape index (κ1) is 15.7. The maximum atomic E-state index is 12.1. The van der Waals surface area contributed by atoms with Crippen molar-refractivity contribution in [2.75, 3.05) is 0 Å². The van der Waals surface area contributed by atoms with Crippen molar-refractivity contribution in [1.29, 1.82) is 0 Å². The SMILES string of the molecule is CC(C)(C)OC(=O)NC1(Cc2ccc(O)cc2)CCCC1. The summed E-state index contributed by atoms with van der Waals surface area (Å²) in [6, 6.07) is 7.19. The lowest BCUT2D eigenvalue weighted by atomic mass is 9.89. The number of ether oxygens (including phenoxy) is 1. The number of phenolic OH excluding ortho intramolecular Hbond substituents is 1. The molecule has 1 aromatic rings. The van der Waals surface area contributed by atoms with Gasteiger partial charge in [-0.25, -0.2) is 4.79 Å². The van der Waals surface area contributed by atoms with Gasteiger partial charge in [0.05, 0.1) is 0 Å². The summed E-state index contributed by atoms with van der Waals surface area (Å²) >= 11 is 0. The Kier molecular flexibility index (Phi) is 4.45. The molecular weight excluding hydrogens is 266 g/mol. The number of nitrogens with one attached hydrogen (secondary N) is 1. The molecule has 0 aliphatic heterocycles. The van der Waals surface area contributed by atoms with Gasteiger partial charge in [0.1, 0.15) is 11.4 Å². The van der Waals surface area contributed by atoms with Crippen molar-refractivity contribution in [3.8, 4) is 5.75 Å². The second kappa shape index (κ2) is 5.96. The molecule has 0 bridgehead atoms. The van der Waals surface area contributed by atoms with Crippen molar-refractivity contribution in [2.45, 2.75) is 64.0 Å². The Morgan fingerprint density at radius 2 is 1.81 bits per heavy atom. The number of carbonyl (C=O) groups is 1. The molecule has 4 nitrogen and oxygen atoms in total. The molecule has 0 spiro atoms. The van der Waals surface area contributed by atoms with Gasteiger partial charge in [0.25, 0.3) is 0 Å². The van der Waals surface area contributed by atoms with Crippen molar-refractivity contribution >= 4 is 6.09 Å². The molecule has 0 aromatic heterocycles. The van der Waals surface area contributed by atoms with Crippen LogP contribution in [-0.4, -0.2) is 22.3 Å². The quantitative estimate of drug-likeness (QED) is 0.891. The number of carbonyl (C=O) groups excluding carboxylic acids is 1. The van der Waals surface area contributed by atoms with Gasteiger partial charge in [-0.15, -0.1) is 0 Å². The van der Waals surface area contributed by atoms with Gasteiger partial charge >= 0.3 is 6.09 Å². The van der Waals surface area contributed by atoms with Crippen LogP contribution in [0.2, 0.25) is 0 Å². The van der Waals surface area contributed by atoms with Crippen LogP contribution < -0.4 is 5.32 Å². The van der Waals surface area contributed by atoms with E-state index in [0.717, 1.165) is 37.7 Å². The summed E-state index contributed by atoms with van der Waals surface area (Å²) in [6.07, 6.45) is 4.59. The zero-order chi connectivity index (χ0) is 15.5. The number of hydrogen-bond acceptors (Lipinski definition) is 3. The largest absolute Gasteiger partial charge is 0.508 e. The van der Waals surface area contributed by atoms with Crippen LogP contribution in [0.5, 0.6) is 5.75 Å². The lowest BCUT2D eigenvalue weighted by Crippen LogP contribution is -2.49. The van der Waals surface area contributed by atoms with Crippen LogP contribution in [0.3, 0.4) is 0 Å². The smallest absolute Gasteiger partial charge is 0.408 e. The number of aromatic hydroxyl groups is 1. The Bertz CT molecular complexity index is 482. The van der Waals surface area contributed by atoms with Gasteiger partial charge < -0.3 is 15.2 Å². The molecule has 21 heavy (non-hydrogen) atoms. The topological polar surface area (TPSA) is 58.6 Å². The number of amides is 1. The number of phenols is 1. The number of alkyl carbamates (subject to hydrolysis) is 1. The fourth-order valence-corrected chi connectivity index (χ4v) is 2.92. The number of rotatable bonds is 3. The van der Waals surface area contributed by atoms with Gasteiger partial charge in [-0.3, -0.25) is 0 Å². The van der Waals surface area contributed by atoms with Crippen LogP contribution in [0.1, 0.15) is 52.0 Å². The molecule has 0 saturated heterocycles. The molecular formula is C17H25NO3. The summed E-state index contributed by atoms with van der Waals surface area (Å²) in [7, 11) is 0. The van der Waals surface area contributed by atoms with Crippen LogP contribution in [-0.2, 0) is 11.2 Å². The van der Waals surface area contributed by atoms with Gasteiger partial charge in [-0.05, 0) is 57.7 Å². The van der Waals surface area contributed by atoms with Crippen molar-refractivity contribution < 1.29 is 14.6 Å². The molecule has 2 N–H and O–H groups in total. The predicted molar refractivity (Wildman–Crippen MR) is 82.4 cm³/mol. The highest BCUT2D eigenvalue weighted by molar-refractivity contribution is 5.69. The monoisotopic (exact) mass is 291 g/mol. The molecule has 2 rings (SSSR count). The fourth-order valence-electron chi connectivity index (χ4n) is 2.92. The molecule has 4 heteroatoms. The van der Waals surface area contributed by atoms with E-state index in [0.29, 0.717) is 0 Å². The minimum atomic E-state index is -0.484. The van der Waals surface area contributed by atoms with Crippen LogP contribution in [0, 0.1) is 0 Å². The zero-order valence-electron chi connectivity index (χ0n) is 13.1. The summed E-state index contributed by atoms with van der Waals surface area (Å²) < 4.78 is 5.39. The van der Waals surface area contributed by atoms with Crippen LogP contribution >= 0.6 is 0 Å². The normalized spacial score (nSPS) is 17.5. The van der Waals surface area contributed by atoms with Crippen molar-refractivity contribution in [1.82, 2.24) is 5.32 Å². The average Bonchev–Trinajstić information content (AvgIpc) is 2.78. The van der Waals surface area contributed by atoms with E-state index in [4.69, 9.17) is 4.74 Å². The highest BCUT2D eigenvalue weighted by atomic mass is 16.6. The lowest BCUT2D eigenvalue weighted by molar-refractivity contribution is 0.0456. The minimum absolute atomic E-state index is 0.223. The summed E-state index contributed by atoms with van der Waals surface area (Å²) in [5.41, 5.74) is 0.410. The van der Waals surface area contributed by atoms with Crippen molar-refractivity contribution in [2.24, 2.45) is 0 Å². The summed E-state index contributed by atoms with van der Waals surface area (Å²) in [4.78, 5) is 12.1. The van der Waals surface area contributed by atoms with Gasteiger partial charge in [-0.1, -0.05) is 25.0 Å². The molecule has 1 fully saturated rings. The van der Waals surface area contributed by atoms with E-state index in [1.165, 1.54) is 0 Å². The standard InChI is InChI=1S/C17H25NO3/c1-16(2,3)21-15(20)18-17(10-4-5-11-17)12-13-6-8-14(19)9-7-13/h6-9,19H,4-5,10-12H2,1-3H3,(H,18,20). The Hall–Kier alpha value is -1.71. The van der Waals surface area contributed by atoms with Crippen molar-refractivity contribution in [3.05, 3.63) is 29.8 Å². The van der Waals surface area contributed by atoms with E-state index in [1.54, 1.807) is 12.1 Å². The molecule has 0 unspecified atom stereocenters. The second-order valence-electron chi connectivity index (χ2n) is 6.96. The first-order valence-electron chi connectivity index (χ1n) is 7.57. The lowest BCUT2D eigenvalue weighted by Gasteiger charge is -2.32. The van der Waals surface area contributed by atoms with Gasteiger partial charge in [0.2, 0.25) is 0 Å². The molecule has 1 aliphatic carbocycles. The van der Waals surface area contributed by atoms with E-state index < -0.39 is 5.60 Å². The minimum Gasteiger partial charge on any atom is -0.508 e. The first-order valence-corrected chi connectivity index (χ1v) is 7.57. The summed E-state index contributed by atoms with van der Waals surface area (Å²) in [6.45, 7) is 5.61. The Labute approximate surface area is 126 Å². The molecule has 1 aromatic carbocycles. The molecule has 0 heterocycles. The van der Waals surface area contributed by atoms with E-state index in [9.17, 15) is 9.90 Å². The number of benzene rings is 1. The predicted octanol–water partition coefficient (Wildman–Crippen LogP) is 3.77. The third-order valence-corrected chi connectivity index (χ3v) is 3.81. The molecule has 0 radical (unpaired) electrons. The molecule has 1 saturated carbocycles. The van der Waals surface area contributed by atoms with Gasteiger partial charge in [0, 0.05) is 5.54 Å². The summed E-state index contributed by atoms with van der Waals surface area (Å²) in [5.74, 6) is 0.263. The maximum Gasteiger partial charge on any atom is 0.408 e. The van der Waals surface area contributed by atoms with E-state index >= 15 is 0 Å². The second-order valence-corrected chi connectivity index (χ2v) is 6.96. The van der Waals surface area contributed by atoms with Crippen LogP contribution in [0.15, 0.2) is 24.3 Å². The summed E-state index contributed by atoms with van der Waals surface area (Å²) in [5, 5.41) is 12.5. The Morgan fingerprint density at radius 3 is 2.33 bits per heavy atom. The zero-order valence-corrected chi connectivity index (χ0v) is 13.1. The fraction of sp³-hybridized carbons (Fsp3) is 0.588. The average molecular weight is 291 g/mol. The van der Waals surface area contributed by atoms with Crippen molar-refractivity contribution in [3.63, 3.8) is 0 Å². The highest BCUT2D eigenvalue weighted by Gasteiger charge is 2.36. The van der Waals surface area contributed by atoms with E-state index in [2.05, 4.69) is 5.32 Å². The Morgan fingerprint density at radius 1 is 1.24 bits per heavy atom. The van der Waals surface area contributed by atoms with Gasteiger partial charge in [-0.2, -0.15) is 0 Å². The van der Waals surface area contributed by atoms with Crippen LogP contribution in [0.25, 0.3) is 0 Å². The first-order chi connectivity index (χ1) is 9.78. The maximum absolute atomic E-state index is 12.1. The highest BCUT2D eigenvalue weighted by Crippen LogP contribution is 2.33.